The first-order valence-electron chi connectivity index (χ1n) is 5.11. The number of carbonyl (C=O) groups excluding carboxylic acids is 1. The molecule has 0 fully saturated rings. The Kier molecular flexibility index (Phi) is 4.33. The number of ketones is 1. The first kappa shape index (κ1) is 13.0. The molecule has 0 aliphatic rings. The molecule has 0 saturated heterocycles. The van der Waals surface area contributed by atoms with Gasteiger partial charge in [0.05, 0.1) is 11.6 Å². The quantitative estimate of drug-likeness (QED) is 0.823. The number of nitrogens with zero attached hydrogens (tertiary/aromatic N) is 1. The molecular formula is C12H16ClNO2. The SMILES string of the molecule is CC(=O)c1ccc(N(C)C(C)CO)cc1Cl. The van der Waals surface area contributed by atoms with Crippen LogP contribution in [0.4, 0.5) is 5.69 Å². The molecule has 0 aromatic heterocycles. The highest BCUT2D eigenvalue weighted by atomic mass is 35.5. The van der Waals surface area contributed by atoms with E-state index < -0.39 is 0 Å². The van der Waals surface area contributed by atoms with Gasteiger partial charge >= 0.3 is 0 Å². The van der Waals surface area contributed by atoms with E-state index in [1.807, 2.05) is 24.9 Å². The predicted octanol–water partition coefficient (Wildman–Crippen LogP) is 2.36. The van der Waals surface area contributed by atoms with Crippen molar-refractivity contribution in [2.75, 3.05) is 18.6 Å². The van der Waals surface area contributed by atoms with Crippen LogP contribution in [0, 0.1) is 0 Å². The van der Waals surface area contributed by atoms with Crippen LogP contribution < -0.4 is 4.90 Å². The zero-order valence-corrected chi connectivity index (χ0v) is 10.5. The van der Waals surface area contributed by atoms with Gasteiger partial charge in [0, 0.05) is 24.3 Å². The van der Waals surface area contributed by atoms with Crippen LogP contribution in [0.1, 0.15) is 24.2 Å². The van der Waals surface area contributed by atoms with Gasteiger partial charge in [-0.25, -0.2) is 0 Å². The van der Waals surface area contributed by atoms with E-state index >= 15 is 0 Å². The maximum Gasteiger partial charge on any atom is 0.161 e. The average molecular weight is 242 g/mol. The molecule has 1 atom stereocenters. The minimum Gasteiger partial charge on any atom is -0.394 e. The maximum absolute atomic E-state index is 11.2. The number of hydrogen-bond donors (Lipinski definition) is 1. The molecule has 88 valence electrons. The van der Waals surface area contributed by atoms with E-state index in [1.165, 1.54) is 6.92 Å². The zero-order chi connectivity index (χ0) is 12.3. The smallest absolute Gasteiger partial charge is 0.161 e. The minimum atomic E-state index is -0.0468. The number of aliphatic hydroxyl groups excluding tert-OH is 1. The van der Waals surface area contributed by atoms with Gasteiger partial charge in [0.25, 0.3) is 0 Å². The third kappa shape index (κ3) is 2.74. The predicted molar refractivity (Wildman–Crippen MR) is 66.4 cm³/mol. The maximum atomic E-state index is 11.2. The van der Waals surface area contributed by atoms with E-state index in [2.05, 4.69) is 0 Å². The lowest BCUT2D eigenvalue weighted by Gasteiger charge is -2.25. The Morgan fingerprint density at radius 2 is 2.19 bits per heavy atom. The summed E-state index contributed by atoms with van der Waals surface area (Å²) in [5.41, 5.74) is 1.41. The second-order valence-corrected chi connectivity index (χ2v) is 4.27. The van der Waals surface area contributed by atoms with E-state index in [4.69, 9.17) is 16.7 Å². The molecule has 0 radical (unpaired) electrons. The Labute approximate surface area is 101 Å². The van der Waals surface area contributed by atoms with Crippen LogP contribution in [0.3, 0.4) is 0 Å². The monoisotopic (exact) mass is 241 g/mol. The van der Waals surface area contributed by atoms with Crippen LogP contribution in [-0.4, -0.2) is 30.6 Å². The van der Waals surface area contributed by atoms with E-state index in [0.29, 0.717) is 10.6 Å². The molecule has 3 nitrogen and oxygen atoms in total. The summed E-state index contributed by atoms with van der Waals surface area (Å²) in [5, 5.41) is 9.50. The lowest BCUT2D eigenvalue weighted by Crippen LogP contribution is -2.31. The minimum absolute atomic E-state index is 0.0132. The summed E-state index contributed by atoms with van der Waals surface area (Å²) in [4.78, 5) is 13.1. The van der Waals surface area contributed by atoms with Gasteiger partial charge in [-0.2, -0.15) is 0 Å². The second-order valence-electron chi connectivity index (χ2n) is 3.86. The number of likely N-dealkylation sites (N-methyl/N-ethyl adjacent to an activating group) is 1. The number of benzene rings is 1. The molecular weight excluding hydrogens is 226 g/mol. The average Bonchev–Trinajstić information content (AvgIpc) is 2.26. The van der Waals surface area contributed by atoms with Gasteiger partial charge in [0.2, 0.25) is 0 Å². The van der Waals surface area contributed by atoms with Crippen LogP contribution in [0.25, 0.3) is 0 Å². The molecule has 1 N–H and O–H groups in total. The molecule has 16 heavy (non-hydrogen) atoms. The van der Waals surface area contributed by atoms with Crippen LogP contribution in [0.15, 0.2) is 18.2 Å². The number of Topliss-reactive ketones (excluding diaryl/α,β-unsaturated/α-hetero) is 1. The molecule has 4 heteroatoms. The van der Waals surface area contributed by atoms with Crippen molar-refractivity contribution in [3.05, 3.63) is 28.8 Å². The molecule has 0 spiro atoms. The molecule has 1 unspecified atom stereocenters. The molecule has 0 amide bonds. The Morgan fingerprint density at radius 1 is 1.56 bits per heavy atom. The molecule has 0 aliphatic carbocycles. The Bertz CT molecular complexity index is 393. The molecule has 0 aliphatic heterocycles. The van der Waals surface area contributed by atoms with Crippen LogP contribution >= 0.6 is 11.6 Å². The zero-order valence-electron chi connectivity index (χ0n) is 9.70. The number of halogens is 1. The first-order valence-corrected chi connectivity index (χ1v) is 5.49. The van der Waals surface area contributed by atoms with Crippen molar-refractivity contribution < 1.29 is 9.90 Å². The molecule has 1 rings (SSSR count). The standard InChI is InChI=1S/C12H16ClNO2/c1-8(7-15)14(3)10-4-5-11(9(2)16)12(13)6-10/h4-6,8,15H,7H2,1-3H3. The van der Waals surface area contributed by atoms with E-state index in [-0.39, 0.29) is 18.4 Å². The topological polar surface area (TPSA) is 40.5 Å². The van der Waals surface area contributed by atoms with Gasteiger partial charge in [-0.1, -0.05) is 11.6 Å². The summed E-state index contributed by atoms with van der Waals surface area (Å²) in [6, 6.07) is 5.29. The van der Waals surface area contributed by atoms with Gasteiger partial charge in [0.15, 0.2) is 5.78 Å². The fourth-order valence-corrected chi connectivity index (χ4v) is 1.69. The third-order valence-corrected chi connectivity index (χ3v) is 2.98. The van der Waals surface area contributed by atoms with Crippen molar-refractivity contribution in [3.63, 3.8) is 0 Å². The van der Waals surface area contributed by atoms with Crippen molar-refractivity contribution in [1.29, 1.82) is 0 Å². The lowest BCUT2D eigenvalue weighted by atomic mass is 10.1. The Balaban J connectivity index is 3.01. The van der Waals surface area contributed by atoms with Crippen LogP contribution in [0.2, 0.25) is 5.02 Å². The number of hydrogen-bond acceptors (Lipinski definition) is 3. The van der Waals surface area contributed by atoms with Crippen LogP contribution in [0.5, 0.6) is 0 Å². The van der Waals surface area contributed by atoms with Gasteiger partial charge < -0.3 is 10.0 Å². The highest BCUT2D eigenvalue weighted by Crippen LogP contribution is 2.24. The fourth-order valence-electron chi connectivity index (χ4n) is 1.39. The summed E-state index contributed by atoms with van der Waals surface area (Å²) < 4.78 is 0. The van der Waals surface area contributed by atoms with Crippen LogP contribution in [-0.2, 0) is 0 Å². The summed E-state index contributed by atoms with van der Waals surface area (Å²) in [6.07, 6.45) is 0. The summed E-state index contributed by atoms with van der Waals surface area (Å²) >= 11 is 6.01. The van der Waals surface area contributed by atoms with E-state index in [0.717, 1.165) is 5.69 Å². The summed E-state index contributed by atoms with van der Waals surface area (Å²) in [5.74, 6) is -0.0468. The van der Waals surface area contributed by atoms with Gasteiger partial charge in [-0.15, -0.1) is 0 Å². The highest BCUT2D eigenvalue weighted by molar-refractivity contribution is 6.34. The van der Waals surface area contributed by atoms with Crippen molar-refractivity contribution in [2.24, 2.45) is 0 Å². The number of rotatable bonds is 4. The number of anilines is 1. The van der Waals surface area contributed by atoms with E-state index in [9.17, 15) is 4.79 Å². The lowest BCUT2D eigenvalue weighted by molar-refractivity contribution is 0.101. The Morgan fingerprint density at radius 3 is 2.62 bits per heavy atom. The van der Waals surface area contributed by atoms with Crippen molar-refractivity contribution in [3.8, 4) is 0 Å². The molecule has 1 aromatic carbocycles. The van der Waals surface area contributed by atoms with Gasteiger partial charge in [0.1, 0.15) is 0 Å². The van der Waals surface area contributed by atoms with Crippen molar-refractivity contribution in [2.45, 2.75) is 19.9 Å². The largest absolute Gasteiger partial charge is 0.394 e. The third-order valence-electron chi connectivity index (χ3n) is 2.66. The second kappa shape index (κ2) is 5.32. The van der Waals surface area contributed by atoms with Gasteiger partial charge in [-0.05, 0) is 32.0 Å². The Hall–Kier alpha value is -1.06. The number of carbonyl (C=O) groups is 1. The molecule has 0 heterocycles. The molecule has 1 aromatic rings. The van der Waals surface area contributed by atoms with Gasteiger partial charge in [-0.3, -0.25) is 4.79 Å². The highest BCUT2D eigenvalue weighted by Gasteiger charge is 2.12. The van der Waals surface area contributed by atoms with Crippen molar-refractivity contribution >= 4 is 23.1 Å². The normalized spacial score (nSPS) is 12.3. The van der Waals surface area contributed by atoms with Crippen molar-refractivity contribution in [1.82, 2.24) is 0 Å². The first-order chi connectivity index (χ1) is 7.47. The summed E-state index contributed by atoms with van der Waals surface area (Å²) in [7, 11) is 1.87. The molecule has 0 bridgehead atoms. The fraction of sp³-hybridized carbons (Fsp3) is 0.417. The molecule has 0 saturated carbocycles. The number of aliphatic hydroxyl groups is 1. The van der Waals surface area contributed by atoms with E-state index in [1.54, 1.807) is 12.1 Å². The summed E-state index contributed by atoms with van der Waals surface area (Å²) in [6.45, 7) is 3.47.